The van der Waals surface area contributed by atoms with Crippen LogP contribution in [0.25, 0.3) is 0 Å². The first-order chi connectivity index (χ1) is 8.45. The van der Waals surface area contributed by atoms with Crippen LogP contribution in [0.3, 0.4) is 0 Å². The second-order valence-corrected chi connectivity index (χ2v) is 5.04. The molecule has 18 heavy (non-hydrogen) atoms. The average molecular weight is 371 g/mol. The van der Waals surface area contributed by atoms with E-state index in [0.29, 0.717) is 0 Å². The molecule has 1 aliphatic rings. The maximum atomic E-state index is 13.8. The lowest BCUT2D eigenvalue weighted by molar-refractivity contribution is -0.0226. The van der Waals surface area contributed by atoms with E-state index in [4.69, 9.17) is 10.5 Å². The first kappa shape index (κ1) is 13.6. The van der Waals surface area contributed by atoms with Crippen molar-refractivity contribution < 1.29 is 14.2 Å². The predicted octanol–water partition coefficient (Wildman–Crippen LogP) is -1.30. The summed E-state index contributed by atoms with van der Waals surface area (Å²) in [7, 11) is 0. The number of nitrogens with one attached hydrogen (secondary N) is 1. The van der Waals surface area contributed by atoms with Crippen LogP contribution in [0.4, 0.5) is 4.39 Å². The third kappa shape index (κ3) is 2.22. The van der Waals surface area contributed by atoms with Crippen LogP contribution in [0, 0.1) is 3.57 Å². The molecule has 1 aromatic heterocycles. The molecule has 0 aromatic carbocycles. The number of aromatic nitrogens is 2. The van der Waals surface area contributed by atoms with Crippen LogP contribution < -0.4 is 17.0 Å². The fraction of sp³-hybridized carbons (Fsp3) is 0.556. The third-order valence-electron chi connectivity index (χ3n) is 2.72. The minimum Gasteiger partial charge on any atom is -0.387 e. The largest absolute Gasteiger partial charge is 0.387 e. The van der Waals surface area contributed by atoms with E-state index in [1.165, 1.54) is 6.20 Å². The molecular weight excluding hydrogens is 360 g/mol. The molecule has 0 amide bonds. The Balaban J connectivity index is 2.42. The fourth-order valence-corrected chi connectivity index (χ4v) is 2.21. The number of nitrogens with zero attached hydrogens (tertiary/aromatic N) is 1. The summed E-state index contributed by atoms with van der Waals surface area (Å²) in [4.78, 5) is 24.8. The number of H-pyrrole nitrogens is 1. The van der Waals surface area contributed by atoms with E-state index in [1.807, 2.05) is 4.98 Å². The van der Waals surface area contributed by atoms with Gasteiger partial charge in [-0.25, -0.2) is 9.18 Å². The number of aromatic amines is 1. The molecule has 0 saturated carbocycles. The number of aliphatic hydroxyl groups excluding tert-OH is 1. The fourth-order valence-electron chi connectivity index (χ4n) is 1.77. The van der Waals surface area contributed by atoms with Gasteiger partial charge in [-0.15, -0.1) is 0 Å². The van der Waals surface area contributed by atoms with Crippen LogP contribution in [0.15, 0.2) is 15.8 Å². The Morgan fingerprint density at radius 2 is 2.28 bits per heavy atom. The van der Waals surface area contributed by atoms with E-state index < -0.39 is 35.9 Å². The van der Waals surface area contributed by atoms with Gasteiger partial charge < -0.3 is 15.6 Å². The van der Waals surface area contributed by atoms with Gasteiger partial charge in [0, 0.05) is 12.7 Å². The summed E-state index contributed by atoms with van der Waals surface area (Å²) in [5, 5.41) is 9.53. The summed E-state index contributed by atoms with van der Waals surface area (Å²) in [5.41, 5.74) is 3.97. The molecule has 1 aromatic rings. The molecule has 2 rings (SSSR count). The first-order valence-corrected chi connectivity index (χ1v) is 6.22. The van der Waals surface area contributed by atoms with Crippen molar-refractivity contribution in [2.24, 2.45) is 5.73 Å². The van der Waals surface area contributed by atoms with Gasteiger partial charge in [0.1, 0.15) is 12.2 Å². The van der Waals surface area contributed by atoms with E-state index in [2.05, 4.69) is 0 Å². The molecule has 100 valence electrons. The molecule has 7 nitrogen and oxygen atoms in total. The second-order valence-electron chi connectivity index (χ2n) is 3.88. The van der Waals surface area contributed by atoms with Crippen molar-refractivity contribution in [3.05, 3.63) is 30.6 Å². The first-order valence-electron chi connectivity index (χ1n) is 5.14. The lowest BCUT2D eigenvalue weighted by atomic mass is 10.1. The van der Waals surface area contributed by atoms with Gasteiger partial charge in [0.05, 0.1) is 3.57 Å². The van der Waals surface area contributed by atoms with Crippen molar-refractivity contribution in [2.45, 2.75) is 24.6 Å². The molecule has 1 unspecified atom stereocenters. The second kappa shape index (κ2) is 5.07. The van der Waals surface area contributed by atoms with Crippen molar-refractivity contribution in [2.75, 3.05) is 6.54 Å². The van der Waals surface area contributed by atoms with Crippen LogP contribution in [0.2, 0.25) is 0 Å². The minimum atomic E-state index is -1.78. The predicted molar refractivity (Wildman–Crippen MR) is 67.9 cm³/mol. The third-order valence-corrected chi connectivity index (χ3v) is 3.49. The van der Waals surface area contributed by atoms with Crippen molar-refractivity contribution in [1.29, 1.82) is 0 Å². The van der Waals surface area contributed by atoms with E-state index in [0.717, 1.165) is 4.57 Å². The number of rotatable bonds is 2. The lowest BCUT2D eigenvalue weighted by Gasteiger charge is -2.15. The highest BCUT2D eigenvalue weighted by Gasteiger charge is 2.44. The van der Waals surface area contributed by atoms with Crippen LogP contribution in [-0.2, 0) is 4.74 Å². The smallest absolute Gasteiger partial charge is 0.330 e. The number of aliphatic hydroxyl groups is 1. The molecular formula is C9H11FIN3O4. The van der Waals surface area contributed by atoms with Gasteiger partial charge in [0.25, 0.3) is 5.56 Å². The quantitative estimate of drug-likeness (QED) is 0.560. The van der Waals surface area contributed by atoms with Gasteiger partial charge in [-0.1, -0.05) is 0 Å². The molecule has 0 bridgehead atoms. The topological polar surface area (TPSA) is 110 Å². The number of ether oxygens (including phenoxy) is 1. The van der Waals surface area contributed by atoms with Crippen LogP contribution in [0.1, 0.15) is 6.23 Å². The Labute approximate surface area is 114 Å². The highest BCUT2D eigenvalue weighted by molar-refractivity contribution is 14.1. The SMILES string of the molecule is NCC1O[C@@H](n2cc(I)c(=O)[nH]c2=O)[C@H](F)[C@H]1O. The van der Waals surface area contributed by atoms with Crippen molar-refractivity contribution >= 4 is 22.6 Å². The molecule has 1 fully saturated rings. The van der Waals surface area contributed by atoms with E-state index in [-0.39, 0.29) is 10.1 Å². The van der Waals surface area contributed by atoms with Crippen molar-refractivity contribution in [3.63, 3.8) is 0 Å². The summed E-state index contributed by atoms with van der Waals surface area (Å²) in [6, 6.07) is 0. The van der Waals surface area contributed by atoms with Crippen LogP contribution >= 0.6 is 22.6 Å². The maximum Gasteiger partial charge on any atom is 0.330 e. The van der Waals surface area contributed by atoms with Crippen LogP contribution in [-0.4, -0.2) is 39.6 Å². The Morgan fingerprint density at radius 1 is 1.61 bits per heavy atom. The van der Waals surface area contributed by atoms with E-state index in [9.17, 15) is 19.1 Å². The normalized spacial score (nSPS) is 31.8. The lowest BCUT2D eigenvalue weighted by Crippen LogP contribution is -2.37. The molecule has 0 aliphatic carbocycles. The summed E-state index contributed by atoms with van der Waals surface area (Å²) >= 11 is 1.71. The van der Waals surface area contributed by atoms with Crippen LogP contribution in [0.5, 0.6) is 0 Å². The highest BCUT2D eigenvalue weighted by atomic mass is 127. The molecule has 9 heteroatoms. The summed E-state index contributed by atoms with van der Waals surface area (Å²) in [6.07, 6.45) is -4.15. The zero-order valence-electron chi connectivity index (χ0n) is 9.05. The van der Waals surface area contributed by atoms with Gasteiger partial charge in [0.2, 0.25) is 0 Å². The maximum absolute atomic E-state index is 13.8. The van der Waals surface area contributed by atoms with Gasteiger partial charge in [-0.2, -0.15) is 0 Å². The number of alkyl halides is 1. The number of hydrogen-bond donors (Lipinski definition) is 3. The van der Waals surface area contributed by atoms with Gasteiger partial charge >= 0.3 is 5.69 Å². The molecule has 1 saturated heterocycles. The molecule has 0 spiro atoms. The Hall–Kier alpha value is -0.780. The van der Waals surface area contributed by atoms with Gasteiger partial charge in [-0.3, -0.25) is 14.3 Å². The zero-order valence-corrected chi connectivity index (χ0v) is 11.2. The van der Waals surface area contributed by atoms with Gasteiger partial charge in [0.15, 0.2) is 12.4 Å². The highest BCUT2D eigenvalue weighted by Crippen LogP contribution is 2.30. The van der Waals surface area contributed by atoms with Gasteiger partial charge in [-0.05, 0) is 22.6 Å². The molecule has 4 N–H and O–H groups in total. The molecule has 4 atom stereocenters. The Bertz CT molecular complexity index is 559. The Kier molecular flexibility index (Phi) is 3.84. The average Bonchev–Trinajstić information content (AvgIpc) is 2.61. The standard InChI is InChI=1S/C9H11FIN3O4/c10-5-6(15)4(1-12)18-8(5)14-2-3(11)7(16)13-9(14)17/h2,4-6,8,15H,1,12H2,(H,13,16,17)/t4?,5-,6+,8-/m1/s1. The minimum absolute atomic E-state index is 0.0622. The summed E-state index contributed by atoms with van der Waals surface area (Å²) in [5.74, 6) is 0. The molecule has 2 heterocycles. The molecule has 1 aliphatic heterocycles. The Morgan fingerprint density at radius 3 is 2.83 bits per heavy atom. The number of halogens is 2. The zero-order chi connectivity index (χ0) is 13.4. The van der Waals surface area contributed by atoms with Crippen molar-refractivity contribution in [3.8, 4) is 0 Å². The molecule has 0 radical (unpaired) electrons. The monoisotopic (exact) mass is 371 g/mol. The summed E-state index contributed by atoms with van der Waals surface area (Å²) < 4.78 is 20.1. The van der Waals surface area contributed by atoms with E-state index >= 15 is 0 Å². The summed E-state index contributed by atoms with van der Waals surface area (Å²) in [6.45, 7) is -0.0622. The number of nitrogens with two attached hydrogens (primary N) is 1. The van der Waals surface area contributed by atoms with Crippen molar-refractivity contribution in [1.82, 2.24) is 9.55 Å². The number of hydrogen-bond acceptors (Lipinski definition) is 5. The van der Waals surface area contributed by atoms with E-state index in [1.54, 1.807) is 22.6 Å².